The van der Waals surface area contributed by atoms with Gasteiger partial charge in [0.25, 0.3) is 0 Å². The SMILES string of the molecule is CC(O[PH+]=O)(c1ccccc1)c1ccccc1. The van der Waals surface area contributed by atoms with E-state index in [0.29, 0.717) is 0 Å². The van der Waals surface area contributed by atoms with E-state index >= 15 is 0 Å². The summed E-state index contributed by atoms with van der Waals surface area (Å²) in [7, 11) is -0.790. The summed E-state index contributed by atoms with van der Waals surface area (Å²) >= 11 is 0. The van der Waals surface area contributed by atoms with Crippen molar-refractivity contribution in [1.82, 2.24) is 0 Å². The molecule has 0 saturated carbocycles. The van der Waals surface area contributed by atoms with Crippen LogP contribution in [0.4, 0.5) is 0 Å². The quantitative estimate of drug-likeness (QED) is 0.763. The Morgan fingerprint density at radius 1 is 0.882 bits per heavy atom. The van der Waals surface area contributed by atoms with Crippen LogP contribution in [0.15, 0.2) is 60.7 Å². The summed E-state index contributed by atoms with van der Waals surface area (Å²) in [6.07, 6.45) is 0. The van der Waals surface area contributed by atoms with Crippen molar-refractivity contribution >= 4 is 8.69 Å². The van der Waals surface area contributed by atoms with Gasteiger partial charge in [0.05, 0.1) is 0 Å². The van der Waals surface area contributed by atoms with Crippen molar-refractivity contribution in [2.45, 2.75) is 12.5 Å². The van der Waals surface area contributed by atoms with Gasteiger partial charge in [-0.25, -0.2) is 0 Å². The lowest BCUT2D eigenvalue weighted by atomic mass is 9.88. The Balaban J connectivity index is 2.50. The van der Waals surface area contributed by atoms with Gasteiger partial charge in [0.1, 0.15) is 0 Å². The lowest BCUT2D eigenvalue weighted by Gasteiger charge is -2.23. The zero-order valence-corrected chi connectivity index (χ0v) is 10.6. The molecule has 2 aromatic rings. The average molecular weight is 245 g/mol. The molecule has 0 amide bonds. The normalized spacial score (nSPS) is 11.6. The molecule has 1 atom stereocenters. The van der Waals surface area contributed by atoms with Gasteiger partial charge in [-0.2, -0.15) is 0 Å². The Morgan fingerprint density at radius 2 is 1.29 bits per heavy atom. The van der Waals surface area contributed by atoms with Crippen LogP contribution < -0.4 is 0 Å². The van der Waals surface area contributed by atoms with E-state index in [4.69, 9.17) is 4.52 Å². The van der Waals surface area contributed by atoms with Crippen molar-refractivity contribution in [3.8, 4) is 0 Å². The smallest absolute Gasteiger partial charge is 0.132 e. The Hall–Kier alpha value is -1.50. The van der Waals surface area contributed by atoms with E-state index < -0.39 is 14.3 Å². The van der Waals surface area contributed by atoms with Crippen LogP contribution in [0.2, 0.25) is 0 Å². The highest BCUT2D eigenvalue weighted by Crippen LogP contribution is 2.35. The Kier molecular flexibility index (Phi) is 3.68. The molecule has 0 N–H and O–H groups in total. The first kappa shape index (κ1) is 12.0. The maximum absolute atomic E-state index is 10.9. The Labute approximate surface area is 103 Å². The fourth-order valence-electron chi connectivity index (χ4n) is 1.88. The lowest BCUT2D eigenvalue weighted by molar-refractivity contribution is 0.152. The molecule has 0 bridgehead atoms. The molecule has 2 nitrogen and oxygen atoms in total. The van der Waals surface area contributed by atoms with Crippen LogP contribution in [0.5, 0.6) is 0 Å². The van der Waals surface area contributed by atoms with Crippen LogP contribution in [-0.2, 0) is 14.7 Å². The van der Waals surface area contributed by atoms with Gasteiger partial charge in [-0.1, -0.05) is 60.7 Å². The van der Waals surface area contributed by atoms with Crippen LogP contribution in [0.3, 0.4) is 0 Å². The van der Waals surface area contributed by atoms with E-state index in [2.05, 4.69) is 0 Å². The van der Waals surface area contributed by atoms with E-state index in [9.17, 15) is 4.57 Å². The minimum atomic E-state index is -0.790. The molecule has 3 heteroatoms. The lowest BCUT2D eigenvalue weighted by Crippen LogP contribution is -2.23. The minimum absolute atomic E-state index is 0.664. The van der Waals surface area contributed by atoms with Gasteiger partial charge in [-0.05, 0) is 22.6 Å². The molecule has 0 saturated heterocycles. The topological polar surface area (TPSA) is 26.3 Å². The summed E-state index contributed by atoms with van der Waals surface area (Å²) in [5.41, 5.74) is 1.33. The van der Waals surface area contributed by atoms with Gasteiger partial charge in [-0.15, -0.1) is 4.52 Å². The molecule has 0 heterocycles. The molecule has 0 aliphatic carbocycles. The third-order valence-electron chi connectivity index (χ3n) is 2.90. The first-order valence-electron chi connectivity index (χ1n) is 5.43. The molecular weight excluding hydrogens is 231 g/mol. The van der Waals surface area contributed by atoms with Crippen LogP contribution in [0.25, 0.3) is 0 Å². The molecule has 0 aliphatic rings. The number of hydrogen-bond donors (Lipinski definition) is 0. The summed E-state index contributed by atoms with van der Waals surface area (Å²) in [4.78, 5) is 0. The Morgan fingerprint density at radius 3 is 1.65 bits per heavy atom. The second kappa shape index (κ2) is 5.22. The second-order valence-corrected chi connectivity index (χ2v) is 4.32. The van der Waals surface area contributed by atoms with Crippen LogP contribution in [0.1, 0.15) is 18.1 Å². The molecule has 0 fully saturated rings. The zero-order chi connectivity index (χ0) is 12.1. The average Bonchev–Trinajstić information content (AvgIpc) is 2.41. The predicted octanol–water partition coefficient (Wildman–Crippen LogP) is 3.91. The van der Waals surface area contributed by atoms with Crippen LogP contribution in [0, 0.1) is 0 Å². The molecular formula is C14H14O2P+. The van der Waals surface area contributed by atoms with Gasteiger partial charge in [0.15, 0.2) is 5.60 Å². The monoisotopic (exact) mass is 245 g/mol. The summed E-state index contributed by atoms with van der Waals surface area (Å²) < 4.78 is 16.4. The largest absolute Gasteiger partial charge is 0.495 e. The highest BCUT2D eigenvalue weighted by molar-refractivity contribution is 7.17. The number of benzene rings is 2. The van der Waals surface area contributed by atoms with Crippen molar-refractivity contribution in [2.75, 3.05) is 0 Å². The van der Waals surface area contributed by atoms with Crippen molar-refractivity contribution in [3.63, 3.8) is 0 Å². The molecule has 2 rings (SSSR count). The molecule has 0 aliphatic heterocycles. The fourth-order valence-corrected chi connectivity index (χ4v) is 2.28. The Bertz CT molecular complexity index is 443. The van der Waals surface area contributed by atoms with Crippen molar-refractivity contribution in [2.24, 2.45) is 0 Å². The van der Waals surface area contributed by atoms with E-state index in [-0.39, 0.29) is 0 Å². The molecule has 0 aromatic heterocycles. The predicted molar refractivity (Wildman–Crippen MR) is 69.4 cm³/mol. The van der Waals surface area contributed by atoms with Gasteiger partial charge in [0, 0.05) is 0 Å². The summed E-state index contributed by atoms with van der Waals surface area (Å²) in [6.45, 7) is 1.93. The van der Waals surface area contributed by atoms with E-state index in [1.807, 2.05) is 67.6 Å². The standard InChI is InChI=1S/C14H14O2P/c1-14(16-17-15,12-8-4-2-5-9-12)13-10-6-3-7-11-13/h2-11,17H,1H3/q+1. The third-order valence-corrected chi connectivity index (χ3v) is 3.39. The molecule has 86 valence electrons. The molecule has 0 radical (unpaired) electrons. The second-order valence-electron chi connectivity index (χ2n) is 3.95. The molecule has 0 spiro atoms. The minimum Gasteiger partial charge on any atom is -0.132 e. The van der Waals surface area contributed by atoms with Gasteiger partial charge < -0.3 is 0 Å². The van der Waals surface area contributed by atoms with Crippen LogP contribution >= 0.6 is 8.69 Å². The first-order valence-corrected chi connectivity index (χ1v) is 6.25. The third kappa shape index (κ3) is 2.44. The van der Waals surface area contributed by atoms with Gasteiger partial charge in [0.2, 0.25) is 0 Å². The molecule has 17 heavy (non-hydrogen) atoms. The van der Waals surface area contributed by atoms with Crippen molar-refractivity contribution in [1.29, 1.82) is 0 Å². The summed E-state index contributed by atoms with van der Waals surface area (Å²) in [5.74, 6) is 0. The van der Waals surface area contributed by atoms with Gasteiger partial charge >= 0.3 is 8.69 Å². The van der Waals surface area contributed by atoms with E-state index in [1.165, 1.54) is 0 Å². The summed E-state index contributed by atoms with van der Waals surface area (Å²) in [6, 6.07) is 19.6. The highest BCUT2D eigenvalue weighted by Gasteiger charge is 2.34. The molecule has 2 aromatic carbocycles. The number of rotatable bonds is 4. The van der Waals surface area contributed by atoms with Crippen LogP contribution in [-0.4, -0.2) is 0 Å². The van der Waals surface area contributed by atoms with E-state index in [1.54, 1.807) is 0 Å². The number of hydrogen-bond acceptors (Lipinski definition) is 2. The maximum Gasteiger partial charge on any atom is 0.495 e. The maximum atomic E-state index is 10.9. The summed E-state index contributed by atoms with van der Waals surface area (Å²) in [5, 5.41) is 0. The van der Waals surface area contributed by atoms with Crippen molar-refractivity contribution < 1.29 is 9.09 Å². The molecule has 1 unspecified atom stereocenters. The highest BCUT2D eigenvalue weighted by atomic mass is 31.1. The van der Waals surface area contributed by atoms with Gasteiger partial charge in [-0.3, -0.25) is 0 Å². The van der Waals surface area contributed by atoms with E-state index in [0.717, 1.165) is 11.1 Å². The van der Waals surface area contributed by atoms with Crippen molar-refractivity contribution in [3.05, 3.63) is 71.8 Å². The first-order chi connectivity index (χ1) is 8.27. The fraction of sp³-hybridized carbons (Fsp3) is 0.143. The zero-order valence-electron chi connectivity index (χ0n) is 9.59.